The topological polar surface area (TPSA) is 79.6 Å². The molecule has 0 spiro atoms. The Morgan fingerprint density at radius 3 is 2.48 bits per heavy atom. The van der Waals surface area contributed by atoms with Gasteiger partial charge in [0.2, 0.25) is 5.69 Å². The molecule has 0 aliphatic carbocycles. The first-order chi connectivity index (χ1) is 15.7. The first kappa shape index (κ1) is 22.5. The number of rotatable bonds is 6. The first-order valence-electron chi connectivity index (χ1n) is 11.1. The molecule has 0 N–H and O–H groups in total. The van der Waals surface area contributed by atoms with E-state index in [1.54, 1.807) is 18.2 Å². The largest absolute Gasteiger partial charge is 0.422 e. The maximum absolute atomic E-state index is 12.7. The number of hydrogen-bond acceptors (Lipinski definition) is 5. The summed E-state index contributed by atoms with van der Waals surface area (Å²) < 4.78 is 7.65. The van der Waals surface area contributed by atoms with Crippen LogP contribution in [0.15, 0.2) is 57.8 Å². The molecule has 0 amide bonds. The van der Waals surface area contributed by atoms with Crippen LogP contribution in [0.1, 0.15) is 38.8 Å². The summed E-state index contributed by atoms with van der Waals surface area (Å²) in [5, 5.41) is 12.1. The summed E-state index contributed by atoms with van der Waals surface area (Å²) in [6.45, 7) is 9.98. The third-order valence-corrected chi connectivity index (χ3v) is 6.52. The van der Waals surface area contributed by atoms with Gasteiger partial charge in [-0.05, 0) is 52.0 Å². The van der Waals surface area contributed by atoms with Gasteiger partial charge in [0.25, 0.3) is 5.69 Å². The van der Waals surface area contributed by atoms with E-state index in [0.717, 1.165) is 41.1 Å². The van der Waals surface area contributed by atoms with Crippen LogP contribution in [0.5, 0.6) is 0 Å². The second-order valence-electron chi connectivity index (χ2n) is 8.74. The lowest BCUT2D eigenvalue weighted by Gasteiger charge is -2.20. The molecule has 0 fully saturated rings. The van der Waals surface area contributed by atoms with E-state index in [-0.39, 0.29) is 10.6 Å². The van der Waals surface area contributed by atoms with Gasteiger partial charge in [-0.15, -0.1) is 0 Å². The molecule has 0 unspecified atom stereocenters. The van der Waals surface area contributed by atoms with Crippen LogP contribution in [0.3, 0.4) is 0 Å². The van der Waals surface area contributed by atoms with Crippen molar-refractivity contribution in [3.8, 4) is 0 Å². The van der Waals surface area contributed by atoms with Gasteiger partial charge in [0.15, 0.2) is 5.71 Å². The average Bonchev–Trinajstić information content (AvgIpc) is 2.98. The zero-order valence-electron chi connectivity index (χ0n) is 19.6. The van der Waals surface area contributed by atoms with Gasteiger partial charge in [-0.25, -0.2) is 4.79 Å². The van der Waals surface area contributed by atoms with E-state index in [2.05, 4.69) is 18.7 Å². The van der Waals surface area contributed by atoms with E-state index >= 15 is 0 Å². The van der Waals surface area contributed by atoms with Gasteiger partial charge in [0.05, 0.1) is 15.9 Å². The van der Waals surface area contributed by atoms with Crippen LogP contribution in [-0.4, -0.2) is 35.3 Å². The monoisotopic (exact) mass is 446 g/mol. The Balaban J connectivity index is 1.71. The van der Waals surface area contributed by atoms with Crippen LogP contribution in [0.4, 0.5) is 17.1 Å². The highest BCUT2D eigenvalue weighted by atomic mass is 16.6. The van der Waals surface area contributed by atoms with E-state index < -0.39 is 11.0 Å². The van der Waals surface area contributed by atoms with Gasteiger partial charge < -0.3 is 9.32 Å². The van der Waals surface area contributed by atoms with Crippen molar-refractivity contribution in [2.24, 2.45) is 0 Å². The Morgan fingerprint density at radius 1 is 1.09 bits per heavy atom. The molecule has 1 aliphatic heterocycles. The molecule has 0 saturated carbocycles. The SMILES string of the molecule is CCN(CC)c1ccc2cc(/C=C/C3=[N+](C)c4ccc([N+](=O)[O-])cc4C3(C)C)c(=O)oc2c1. The maximum atomic E-state index is 12.7. The van der Waals surface area contributed by atoms with E-state index in [1.807, 2.05) is 55.8 Å². The summed E-state index contributed by atoms with van der Waals surface area (Å²) in [6, 6.07) is 12.7. The van der Waals surface area contributed by atoms with Crippen LogP contribution >= 0.6 is 0 Å². The number of nitrogens with zero attached hydrogens (tertiary/aromatic N) is 3. The molecule has 1 aliphatic rings. The second kappa shape index (κ2) is 8.31. The highest BCUT2D eigenvalue weighted by Gasteiger charge is 2.43. The van der Waals surface area contributed by atoms with E-state index in [9.17, 15) is 14.9 Å². The Hall–Kier alpha value is -3.74. The van der Waals surface area contributed by atoms with Crippen molar-refractivity contribution in [2.75, 3.05) is 25.0 Å². The number of anilines is 1. The van der Waals surface area contributed by atoms with Crippen molar-refractivity contribution in [1.82, 2.24) is 0 Å². The van der Waals surface area contributed by atoms with Crippen LogP contribution in [0.25, 0.3) is 17.0 Å². The predicted octanol–water partition coefficient (Wildman–Crippen LogP) is 5.27. The molecule has 7 heteroatoms. The van der Waals surface area contributed by atoms with Gasteiger partial charge in [0, 0.05) is 60.1 Å². The molecule has 33 heavy (non-hydrogen) atoms. The van der Waals surface area contributed by atoms with E-state index in [4.69, 9.17) is 4.42 Å². The third-order valence-electron chi connectivity index (χ3n) is 6.52. The minimum absolute atomic E-state index is 0.0692. The van der Waals surface area contributed by atoms with Crippen molar-refractivity contribution >= 4 is 39.8 Å². The van der Waals surface area contributed by atoms with Crippen LogP contribution in [-0.2, 0) is 5.41 Å². The van der Waals surface area contributed by atoms with Crippen molar-refractivity contribution in [2.45, 2.75) is 33.1 Å². The smallest absolute Gasteiger partial charge is 0.343 e. The zero-order valence-corrected chi connectivity index (χ0v) is 19.6. The molecule has 2 heterocycles. The number of allylic oxidation sites excluding steroid dienone is 1. The molecule has 3 aromatic rings. The lowest BCUT2D eigenvalue weighted by Crippen LogP contribution is -2.26. The number of non-ortho nitro benzene ring substituents is 1. The highest BCUT2D eigenvalue weighted by Crippen LogP contribution is 2.41. The fraction of sp³-hybridized carbons (Fsp3) is 0.308. The van der Waals surface area contributed by atoms with Gasteiger partial charge in [-0.2, -0.15) is 4.58 Å². The summed E-state index contributed by atoms with van der Waals surface area (Å²) >= 11 is 0. The summed E-state index contributed by atoms with van der Waals surface area (Å²) in [6.07, 6.45) is 3.66. The summed E-state index contributed by atoms with van der Waals surface area (Å²) in [5.41, 5.74) is 3.99. The molecule has 1 aromatic heterocycles. The van der Waals surface area contributed by atoms with Gasteiger partial charge in [-0.1, -0.05) is 0 Å². The molecule has 7 nitrogen and oxygen atoms in total. The molecule has 2 aromatic carbocycles. The van der Waals surface area contributed by atoms with E-state index in [0.29, 0.717) is 11.1 Å². The molecule has 0 saturated heterocycles. The zero-order chi connectivity index (χ0) is 23.9. The summed E-state index contributed by atoms with van der Waals surface area (Å²) in [4.78, 5) is 25.8. The molecular weight excluding hydrogens is 418 g/mol. The Bertz CT molecular complexity index is 1380. The van der Waals surface area contributed by atoms with Crippen LogP contribution in [0.2, 0.25) is 0 Å². The summed E-state index contributed by atoms with van der Waals surface area (Å²) in [5.74, 6) is 0. The lowest BCUT2D eigenvalue weighted by molar-refractivity contribution is -0.402. The molecule has 0 atom stereocenters. The molecule has 170 valence electrons. The molecule has 0 bridgehead atoms. The standard InChI is InChI=1S/C26H28N3O4/c1-6-28(7-2)19-10-8-17-14-18(25(30)33-23(17)16-19)9-13-24-26(3,4)21-15-20(29(31)32)11-12-22(21)27(24)5/h8-16H,6-7H2,1-5H3/q+1. The van der Waals surface area contributed by atoms with Crippen molar-refractivity contribution < 1.29 is 13.9 Å². The fourth-order valence-electron chi connectivity index (χ4n) is 4.62. The van der Waals surface area contributed by atoms with E-state index in [1.165, 1.54) is 6.07 Å². The number of nitro groups is 1. The van der Waals surface area contributed by atoms with Gasteiger partial charge in [-0.3, -0.25) is 10.1 Å². The first-order valence-corrected chi connectivity index (χ1v) is 11.1. The predicted molar refractivity (Wildman–Crippen MR) is 132 cm³/mol. The number of benzene rings is 2. The molecule has 4 rings (SSSR count). The summed E-state index contributed by atoms with van der Waals surface area (Å²) in [7, 11) is 1.93. The molecule has 0 radical (unpaired) electrons. The average molecular weight is 447 g/mol. The number of fused-ring (bicyclic) bond motifs is 2. The number of nitro benzene ring substituents is 1. The van der Waals surface area contributed by atoms with Crippen LogP contribution in [0, 0.1) is 10.1 Å². The second-order valence-corrected chi connectivity index (χ2v) is 8.74. The fourth-order valence-corrected chi connectivity index (χ4v) is 4.62. The normalized spacial score (nSPS) is 14.8. The minimum atomic E-state index is -0.456. The highest BCUT2D eigenvalue weighted by molar-refractivity contribution is 6.05. The Morgan fingerprint density at radius 2 is 1.82 bits per heavy atom. The minimum Gasteiger partial charge on any atom is -0.422 e. The van der Waals surface area contributed by atoms with Gasteiger partial charge >= 0.3 is 5.63 Å². The van der Waals surface area contributed by atoms with Crippen LogP contribution < -0.4 is 10.5 Å². The Kier molecular flexibility index (Phi) is 5.66. The third kappa shape index (κ3) is 3.84. The Labute approximate surface area is 192 Å². The van der Waals surface area contributed by atoms with Crippen molar-refractivity contribution in [1.29, 1.82) is 0 Å². The van der Waals surface area contributed by atoms with Gasteiger partial charge in [0.1, 0.15) is 12.6 Å². The van der Waals surface area contributed by atoms with Crippen molar-refractivity contribution in [3.05, 3.63) is 80.2 Å². The number of hydrogen-bond donors (Lipinski definition) is 0. The molecular formula is C26H28N3O4+. The lowest BCUT2D eigenvalue weighted by atomic mass is 9.81. The maximum Gasteiger partial charge on any atom is 0.343 e. The quantitative estimate of drug-likeness (QED) is 0.223. The van der Waals surface area contributed by atoms with Crippen molar-refractivity contribution in [3.63, 3.8) is 0 Å².